The van der Waals surface area contributed by atoms with Crippen LogP contribution in [0.1, 0.15) is 40.0 Å². The molecule has 3 heteroatoms. The molecular formula is C11H25NOS. The van der Waals surface area contributed by atoms with E-state index in [0.29, 0.717) is 11.3 Å². The van der Waals surface area contributed by atoms with Gasteiger partial charge in [-0.3, -0.25) is 0 Å². The van der Waals surface area contributed by atoms with Gasteiger partial charge in [0.1, 0.15) is 0 Å². The molecule has 0 fully saturated rings. The Labute approximate surface area is 92.9 Å². The summed E-state index contributed by atoms with van der Waals surface area (Å²) in [5.74, 6) is 1.17. The second-order valence-electron chi connectivity index (χ2n) is 4.00. The van der Waals surface area contributed by atoms with E-state index in [9.17, 15) is 5.11 Å². The average molecular weight is 219 g/mol. The van der Waals surface area contributed by atoms with Gasteiger partial charge in [-0.25, -0.2) is 0 Å². The Kier molecular flexibility index (Phi) is 8.73. The minimum atomic E-state index is -0.184. The van der Waals surface area contributed by atoms with Crippen molar-refractivity contribution in [1.29, 1.82) is 0 Å². The molecule has 3 atom stereocenters. The molecule has 0 heterocycles. The van der Waals surface area contributed by atoms with Crippen LogP contribution in [-0.2, 0) is 0 Å². The summed E-state index contributed by atoms with van der Waals surface area (Å²) in [5.41, 5.74) is 0. The maximum absolute atomic E-state index is 9.27. The Bertz CT molecular complexity index is 130. The summed E-state index contributed by atoms with van der Waals surface area (Å²) < 4.78 is 0. The molecule has 0 aromatic rings. The minimum absolute atomic E-state index is 0.184. The van der Waals surface area contributed by atoms with E-state index >= 15 is 0 Å². The molecular weight excluding hydrogens is 194 g/mol. The number of thioether (sulfide) groups is 1. The Hall–Kier alpha value is 0.270. The molecule has 0 saturated heterocycles. The highest BCUT2D eigenvalue weighted by molar-refractivity contribution is 7.99. The van der Waals surface area contributed by atoms with E-state index in [1.54, 1.807) is 0 Å². The van der Waals surface area contributed by atoms with E-state index in [4.69, 9.17) is 0 Å². The van der Waals surface area contributed by atoms with Crippen molar-refractivity contribution in [2.75, 3.05) is 12.8 Å². The van der Waals surface area contributed by atoms with Crippen molar-refractivity contribution in [3.8, 4) is 0 Å². The van der Waals surface area contributed by atoms with E-state index in [-0.39, 0.29) is 6.10 Å². The van der Waals surface area contributed by atoms with E-state index in [0.717, 1.165) is 0 Å². The lowest BCUT2D eigenvalue weighted by Crippen LogP contribution is -2.20. The molecule has 0 radical (unpaired) electrons. The summed E-state index contributed by atoms with van der Waals surface area (Å²) in [6, 6.07) is 0.634. The van der Waals surface area contributed by atoms with Gasteiger partial charge in [-0.2, -0.15) is 11.8 Å². The average Bonchev–Trinajstić information content (AvgIpc) is 2.16. The lowest BCUT2D eigenvalue weighted by atomic mass is 10.1. The molecule has 2 N–H and O–H groups in total. The van der Waals surface area contributed by atoms with Gasteiger partial charge >= 0.3 is 0 Å². The standard InChI is InChI=1S/C11H25NOS/c1-9(12-4)7-5-6-8-14-11(3)10(2)13/h9-13H,5-8H2,1-4H3. The van der Waals surface area contributed by atoms with E-state index in [1.807, 2.05) is 25.7 Å². The molecule has 2 nitrogen and oxygen atoms in total. The van der Waals surface area contributed by atoms with Crippen molar-refractivity contribution in [3.05, 3.63) is 0 Å². The molecule has 3 unspecified atom stereocenters. The monoisotopic (exact) mass is 219 g/mol. The van der Waals surface area contributed by atoms with Gasteiger partial charge in [0.15, 0.2) is 0 Å². The van der Waals surface area contributed by atoms with Crippen molar-refractivity contribution in [2.24, 2.45) is 0 Å². The molecule has 0 saturated carbocycles. The van der Waals surface area contributed by atoms with Gasteiger partial charge in [-0.05, 0) is 39.5 Å². The molecule has 0 aliphatic rings. The fourth-order valence-corrected chi connectivity index (χ4v) is 2.13. The molecule has 0 aliphatic carbocycles. The van der Waals surface area contributed by atoms with Gasteiger partial charge in [0, 0.05) is 11.3 Å². The second-order valence-corrected chi connectivity index (χ2v) is 5.49. The lowest BCUT2D eigenvalue weighted by molar-refractivity contribution is 0.196. The predicted molar refractivity (Wildman–Crippen MR) is 66.0 cm³/mol. The predicted octanol–water partition coefficient (Wildman–Crippen LogP) is 2.27. The van der Waals surface area contributed by atoms with Crippen LogP contribution < -0.4 is 5.32 Å². The van der Waals surface area contributed by atoms with Gasteiger partial charge in [0.25, 0.3) is 0 Å². The van der Waals surface area contributed by atoms with Gasteiger partial charge in [0.05, 0.1) is 6.10 Å². The Morgan fingerprint density at radius 3 is 2.36 bits per heavy atom. The molecule has 0 aliphatic heterocycles. The van der Waals surface area contributed by atoms with Crippen LogP contribution in [0.4, 0.5) is 0 Å². The van der Waals surface area contributed by atoms with Gasteiger partial charge in [-0.1, -0.05) is 13.3 Å². The Morgan fingerprint density at radius 2 is 1.86 bits per heavy atom. The number of rotatable bonds is 8. The molecule has 0 amide bonds. The van der Waals surface area contributed by atoms with E-state index in [1.165, 1.54) is 25.0 Å². The lowest BCUT2D eigenvalue weighted by Gasteiger charge is -2.14. The van der Waals surface area contributed by atoms with Crippen LogP contribution in [0.15, 0.2) is 0 Å². The Morgan fingerprint density at radius 1 is 1.21 bits per heavy atom. The SMILES string of the molecule is CNC(C)CCCCSC(C)C(C)O. The number of unbranched alkanes of at least 4 members (excludes halogenated alkanes) is 1. The maximum atomic E-state index is 9.27. The first kappa shape index (κ1) is 14.3. The van der Waals surface area contributed by atoms with Crippen LogP contribution in [0.25, 0.3) is 0 Å². The highest BCUT2D eigenvalue weighted by Crippen LogP contribution is 2.16. The van der Waals surface area contributed by atoms with Crippen molar-refractivity contribution in [1.82, 2.24) is 5.32 Å². The fraction of sp³-hybridized carbons (Fsp3) is 1.00. The number of hydrogen-bond acceptors (Lipinski definition) is 3. The number of aliphatic hydroxyl groups is 1. The van der Waals surface area contributed by atoms with Crippen LogP contribution in [-0.4, -0.2) is 35.3 Å². The highest BCUT2D eigenvalue weighted by atomic mass is 32.2. The van der Waals surface area contributed by atoms with Crippen molar-refractivity contribution in [3.63, 3.8) is 0 Å². The van der Waals surface area contributed by atoms with Crippen molar-refractivity contribution < 1.29 is 5.11 Å². The van der Waals surface area contributed by atoms with Crippen LogP contribution in [0, 0.1) is 0 Å². The molecule has 14 heavy (non-hydrogen) atoms. The van der Waals surface area contributed by atoms with E-state index < -0.39 is 0 Å². The Balaban J connectivity index is 3.21. The molecule has 0 bridgehead atoms. The smallest absolute Gasteiger partial charge is 0.0627 e. The molecule has 0 spiro atoms. The molecule has 0 aromatic carbocycles. The van der Waals surface area contributed by atoms with E-state index in [2.05, 4.69) is 19.2 Å². The summed E-state index contributed by atoms with van der Waals surface area (Å²) in [4.78, 5) is 0. The summed E-state index contributed by atoms with van der Waals surface area (Å²) >= 11 is 1.87. The number of aliphatic hydroxyl groups excluding tert-OH is 1. The summed E-state index contributed by atoms with van der Waals surface area (Å²) in [6.45, 7) is 6.16. The van der Waals surface area contributed by atoms with Crippen molar-refractivity contribution >= 4 is 11.8 Å². The topological polar surface area (TPSA) is 32.3 Å². The number of nitrogens with one attached hydrogen (secondary N) is 1. The molecule has 86 valence electrons. The first-order valence-electron chi connectivity index (χ1n) is 5.54. The van der Waals surface area contributed by atoms with Crippen LogP contribution in [0.3, 0.4) is 0 Å². The van der Waals surface area contributed by atoms with Crippen LogP contribution in [0.5, 0.6) is 0 Å². The summed E-state index contributed by atoms with van der Waals surface area (Å²) in [5, 5.41) is 12.9. The quantitative estimate of drug-likeness (QED) is 0.614. The summed E-state index contributed by atoms with van der Waals surface area (Å²) in [6.07, 6.45) is 3.60. The molecule has 0 aromatic heterocycles. The third-order valence-corrected chi connectivity index (χ3v) is 4.03. The van der Waals surface area contributed by atoms with Gasteiger partial charge < -0.3 is 10.4 Å². The third-order valence-electron chi connectivity index (χ3n) is 2.58. The third kappa shape index (κ3) is 7.65. The maximum Gasteiger partial charge on any atom is 0.0627 e. The fourth-order valence-electron chi connectivity index (χ4n) is 1.11. The minimum Gasteiger partial charge on any atom is -0.392 e. The first-order valence-corrected chi connectivity index (χ1v) is 6.59. The largest absolute Gasteiger partial charge is 0.392 e. The zero-order valence-electron chi connectivity index (χ0n) is 9.92. The van der Waals surface area contributed by atoms with Gasteiger partial charge in [-0.15, -0.1) is 0 Å². The zero-order valence-corrected chi connectivity index (χ0v) is 10.7. The summed E-state index contributed by atoms with van der Waals surface area (Å²) in [7, 11) is 2.01. The second kappa shape index (κ2) is 8.57. The van der Waals surface area contributed by atoms with Gasteiger partial charge in [0.2, 0.25) is 0 Å². The van der Waals surface area contributed by atoms with Crippen LogP contribution in [0.2, 0.25) is 0 Å². The van der Waals surface area contributed by atoms with Crippen molar-refractivity contribution in [2.45, 2.75) is 57.4 Å². The highest BCUT2D eigenvalue weighted by Gasteiger charge is 2.08. The van der Waals surface area contributed by atoms with Crippen LogP contribution >= 0.6 is 11.8 Å². The zero-order chi connectivity index (χ0) is 11.0. The number of hydrogen-bond donors (Lipinski definition) is 2. The first-order chi connectivity index (χ1) is 6.57. The molecule has 0 rings (SSSR count). The normalized spacial score (nSPS) is 17.8.